The van der Waals surface area contributed by atoms with E-state index >= 15 is 0 Å². The number of carbonyl (C=O) groups is 1. The van der Waals surface area contributed by atoms with E-state index in [2.05, 4.69) is 0 Å². The summed E-state index contributed by atoms with van der Waals surface area (Å²) in [5.74, 6) is 0.0752. The van der Waals surface area contributed by atoms with E-state index in [4.69, 9.17) is 22.1 Å². The van der Waals surface area contributed by atoms with Crippen LogP contribution in [0.5, 0.6) is 0 Å². The molecule has 2 unspecified atom stereocenters. The Labute approximate surface area is 118 Å². The molecule has 0 spiro atoms. The van der Waals surface area contributed by atoms with Gasteiger partial charge in [0, 0.05) is 31.1 Å². The lowest BCUT2D eigenvalue weighted by Gasteiger charge is -2.27. The molecule has 1 aromatic carbocycles. The first-order valence-corrected chi connectivity index (χ1v) is 6.72. The Morgan fingerprint density at radius 2 is 2.26 bits per heavy atom. The molecule has 4 nitrogen and oxygen atoms in total. The third-order valence-electron chi connectivity index (χ3n) is 3.55. The van der Waals surface area contributed by atoms with Crippen LogP contribution in [0.1, 0.15) is 23.6 Å². The monoisotopic (exact) mass is 282 g/mol. The summed E-state index contributed by atoms with van der Waals surface area (Å²) in [6, 6.07) is 5.55. The molecule has 1 heterocycles. The predicted octanol–water partition coefficient (Wildman–Crippen LogP) is 1.90. The van der Waals surface area contributed by atoms with Crippen LogP contribution in [0.25, 0.3) is 0 Å². The topological polar surface area (TPSA) is 55.6 Å². The highest BCUT2D eigenvalue weighted by molar-refractivity contribution is 6.31. The summed E-state index contributed by atoms with van der Waals surface area (Å²) in [6.07, 6.45) is 0.375. The van der Waals surface area contributed by atoms with Crippen LogP contribution in [0.4, 0.5) is 0 Å². The normalized spacial score (nSPS) is 23.2. The van der Waals surface area contributed by atoms with Gasteiger partial charge in [0.25, 0.3) is 0 Å². The van der Waals surface area contributed by atoms with Gasteiger partial charge in [-0.15, -0.1) is 0 Å². The van der Waals surface area contributed by atoms with E-state index in [0.29, 0.717) is 24.6 Å². The van der Waals surface area contributed by atoms with Crippen molar-refractivity contribution in [3.8, 4) is 0 Å². The van der Waals surface area contributed by atoms with Crippen LogP contribution in [-0.4, -0.2) is 37.1 Å². The Hall–Kier alpha value is -1.10. The summed E-state index contributed by atoms with van der Waals surface area (Å²) in [4.78, 5) is 13.8. The van der Waals surface area contributed by atoms with Gasteiger partial charge in [0.1, 0.15) is 0 Å². The number of ether oxygens (including phenoxy) is 1. The molecule has 1 fully saturated rings. The number of nitrogens with two attached hydrogens (primary N) is 1. The number of hydrogen-bond acceptors (Lipinski definition) is 3. The molecular formula is C14H19ClN2O2. The first-order chi connectivity index (χ1) is 9.04. The molecule has 5 heteroatoms. The van der Waals surface area contributed by atoms with E-state index < -0.39 is 0 Å². The molecule has 0 saturated carbocycles. The number of benzene rings is 1. The highest BCUT2D eigenvalue weighted by atomic mass is 35.5. The standard InChI is InChI=1S/C14H19ClN2O2/c1-9-3-4-10(7-11(9)15)14-12(16)8-13(18)17(14)5-6-19-2/h3-4,7,12,14H,5-6,8,16H2,1-2H3. The lowest BCUT2D eigenvalue weighted by molar-refractivity contribution is -0.129. The quantitative estimate of drug-likeness (QED) is 0.918. The molecule has 0 aromatic heterocycles. The van der Waals surface area contributed by atoms with E-state index in [1.807, 2.05) is 25.1 Å². The molecule has 2 rings (SSSR count). The van der Waals surface area contributed by atoms with Gasteiger partial charge in [-0.05, 0) is 24.1 Å². The molecule has 2 N–H and O–H groups in total. The van der Waals surface area contributed by atoms with E-state index in [1.165, 1.54) is 0 Å². The maximum absolute atomic E-state index is 12.0. The van der Waals surface area contributed by atoms with Crippen molar-refractivity contribution >= 4 is 17.5 Å². The van der Waals surface area contributed by atoms with Crippen molar-refractivity contribution in [2.45, 2.75) is 25.4 Å². The Bertz CT molecular complexity index is 479. The fourth-order valence-electron chi connectivity index (χ4n) is 2.49. The summed E-state index contributed by atoms with van der Waals surface area (Å²) in [6.45, 7) is 3.02. The number of carbonyl (C=O) groups excluding carboxylic acids is 1. The average Bonchev–Trinajstić information content (AvgIpc) is 2.65. The van der Waals surface area contributed by atoms with E-state index in [1.54, 1.807) is 12.0 Å². The summed E-state index contributed by atoms with van der Waals surface area (Å²) >= 11 is 6.16. The van der Waals surface area contributed by atoms with E-state index in [-0.39, 0.29) is 18.0 Å². The predicted molar refractivity (Wildman–Crippen MR) is 75.1 cm³/mol. The molecule has 1 aromatic rings. The summed E-state index contributed by atoms with van der Waals surface area (Å²) in [7, 11) is 1.62. The molecule has 1 aliphatic rings. The Morgan fingerprint density at radius 1 is 1.53 bits per heavy atom. The highest BCUT2D eigenvalue weighted by Crippen LogP contribution is 2.33. The Balaban J connectivity index is 2.28. The molecule has 104 valence electrons. The minimum Gasteiger partial charge on any atom is -0.383 e. The maximum Gasteiger partial charge on any atom is 0.224 e. The van der Waals surface area contributed by atoms with Crippen LogP contribution in [0, 0.1) is 6.92 Å². The van der Waals surface area contributed by atoms with Crippen molar-refractivity contribution in [1.82, 2.24) is 4.90 Å². The fourth-order valence-corrected chi connectivity index (χ4v) is 2.68. The smallest absolute Gasteiger partial charge is 0.224 e. The number of halogens is 1. The van der Waals surface area contributed by atoms with Crippen LogP contribution in [0.3, 0.4) is 0 Å². The van der Waals surface area contributed by atoms with Crippen molar-refractivity contribution in [2.75, 3.05) is 20.3 Å². The van der Waals surface area contributed by atoms with Crippen molar-refractivity contribution < 1.29 is 9.53 Å². The second kappa shape index (κ2) is 5.90. The van der Waals surface area contributed by atoms with Crippen LogP contribution in [0.2, 0.25) is 5.02 Å². The molecule has 1 aliphatic heterocycles. The zero-order valence-electron chi connectivity index (χ0n) is 11.2. The first kappa shape index (κ1) is 14.3. The molecule has 1 saturated heterocycles. The second-order valence-electron chi connectivity index (χ2n) is 4.90. The Morgan fingerprint density at radius 3 is 2.89 bits per heavy atom. The number of methoxy groups -OCH3 is 1. The van der Waals surface area contributed by atoms with E-state index in [9.17, 15) is 4.79 Å². The van der Waals surface area contributed by atoms with Crippen LogP contribution in [-0.2, 0) is 9.53 Å². The molecule has 0 bridgehead atoms. The summed E-state index contributed by atoms with van der Waals surface area (Å²) in [5.41, 5.74) is 8.12. The summed E-state index contributed by atoms with van der Waals surface area (Å²) in [5, 5.41) is 0.704. The van der Waals surface area contributed by atoms with Crippen LogP contribution < -0.4 is 5.73 Å². The van der Waals surface area contributed by atoms with Gasteiger partial charge < -0.3 is 15.4 Å². The minimum absolute atomic E-state index is 0.0752. The van der Waals surface area contributed by atoms with Crippen LogP contribution in [0.15, 0.2) is 18.2 Å². The van der Waals surface area contributed by atoms with Gasteiger partial charge in [0.2, 0.25) is 5.91 Å². The molecule has 0 aliphatic carbocycles. The molecule has 2 atom stereocenters. The second-order valence-corrected chi connectivity index (χ2v) is 5.31. The Kier molecular flexibility index (Phi) is 4.45. The highest BCUT2D eigenvalue weighted by Gasteiger charge is 2.38. The maximum atomic E-state index is 12.0. The third-order valence-corrected chi connectivity index (χ3v) is 3.95. The number of hydrogen-bond donors (Lipinski definition) is 1. The molecule has 0 radical (unpaired) electrons. The van der Waals surface area contributed by atoms with Crippen molar-refractivity contribution in [2.24, 2.45) is 5.73 Å². The summed E-state index contributed by atoms with van der Waals surface area (Å²) < 4.78 is 5.05. The third kappa shape index (κ3) is 2.91. The van der Waals surface area contributed by atoms with Gasteiger partial charge in [-0.1, -0.05) is 23.7 Å². The van der Waals surface area contributed by atoms with Crippen molar-refractivity contribution in [3.63, 3.8) is 0 Å². The molecular weight excluding hydrogens is 264 g/mol. The largest absolute Gasteiger partial charge is 0.383 e. The molecule has 1 amide bonds. The van der Waals surface area contributed by atoms with Gasteiger partial charge >= 0.3 is 0 Å². The minimum atomic E-state index is -0.192. The van der Waals surface area contributed by atoms with Gasteiger partial charge in [0.15, 0.2) is 0 Å². The van der Waals surface area contributed by atoms with Gasteiger partial charge in [-0.25, -0.2) is 0 Å². The van der Waals surface area contributed by atoms with E-state index in [0.717, 1.165) is 11.1 Å². The van der Waals surface area contributed by atoms with Crippen molar-refractivity contribution in [1.29, 1.82) is 0 Å². The number of nitrogens with zero attached hydrogens (tertiary/aromatic N) is 1. The zero-order valence-corrected chi connectivity index (χ0v) is 12.0. The van der Waals surface area contributed by atoms with Crippen molar-refractivity contribution in [3.05, 3.63) is 34.3 Å². The lowest BCUT2D eigenvalue weighted by Crippen LogP contribution is -2.35. The molecule has 19 heavy (non-hydrogen) atoms. The van der Waals surface area contributed by atoms with Gasteiger partial charge in [-0.3, -0.25) is 4.79 Å². The lowest BCUT2D eigenvalue weighted by atomic mass is 9.99. The number of rotatable bonds is 4. The zero-order chi connectivity index (χ0) is 14.0. The average molecular weight is 283 g/mol. The fraction of sp³-hybridized carbons (Fsp3) is 0.500. The van der Waals surface area contributed by atoms with Gasteiger partial charge in [0.05, 0.1) is 12.6 Å². The SMILES string of the molecule is COCCN1C(=O)CC(N)C1c1ccc(C)c(Cl)c1. The number of amides is 1. The van der Waals surface area contributed by atoms with Crippen LogP contribution >= 0.6 is 11.6 Å². The first-order valence-electron chi connectivity index (χ1n) is 6.34. The number of likely N-dealkylation sites (tertiary alicyclic amines) is 1. The van der Waals surface area contributed by atoms with Gasteiger partial charge in [-0.2, -0.15) is 0 Å². The number of aryl methyl sites for hydroxylation is 1.